The molecule has 35 heavy (non-hydrogen) atoms. The minimum Gasteiger partial charge on any atom is -0.480 e. The van der Waals surface area contributed by atoms with E-state index in [0.29, 0.717) is 5.92 Å². The van der Waals surface area contributed by atoms with Crippen LogP contribution in [-0.2, 0) is 0 Å². The number of piperidine rings is 1. The second-order valence-electron chi connectivity index (χ2n) is 8.59. The zero-order valence-corrected chi connectivity index (χ0v) is 21.2. The molecule has 10 heteroatoms. The largest absolute Gasteiger partial charge is 0.480 e. The van der Waals surface area contributed by atoms with Gasteiger partial charge in [0.1, 0.15) is 11.4 Å². The van der Waals surface area contributed by atoms with Crippen LogP contribution in [0.25, 0.3) is 0 Å². The number of methoxy groups -OCH3 is 1. The lowest BCUT2D eigenvalue weighted by atomic mass is 9.87. The highest BCUT2D eigenvalue weighted by molar-refractivity contribution is 6.40. The Balaban J connectivity index is 1.50. The highest BCUT2D eigenvalue weighted by atomic mass is 35.5. The van der Waals surface area contributed by atoms with Crippen LogP contribution in [-0.4, -0.2) is 48.0 Å². The molecule has 0 atom stereocenters. The number of hydrogen-bond donors (Lipinski definition) is 2. The number of hydrogen-bond acceptors (Lipinski definition) is 6. The van der Waals surface area contributed by atoms with E-state index in [1.165, 1.54) is 24.4 Å². The summed E-state index contributed by atoms with van der Waals surface area (Å²) in [7, 11) is 3.56. The Labute approximate surface area is 213 Å². The molecule has 4 rings (SSSR count). The number of carbonyl (C=O) groups is 1. The molecule has 0 aliphatic carbocycles. The van der Waals surface area contributed by atoms with Gasteiger partial charge in [-0.15, -0.1) is 0 Å². The molecule has 0 radical (unpaired) electrons. The number of aromatic nitrogens is 2. The van der Waals surface area contributed by atoms with Crippen molar-refractivity contribution in [2.45, 2.75) is 25.7 Å². The van der Waals surface area contributed by atoms with Crippen molar-refractivity contribution in [1.29, 1.82) is 0 Å². The zero-order chi connectivity index (χ0) is 25.1. The number of amides is 1. The fourth-order valence-corrected chi connectivity index (χ4v) is 4.80. The lowest BCUT2D eigenvalue weighted by molar-refractivity contribution is 0.102. The minimum atomic E-state index is -0.607. The van der Waals surface area contributed by atoms with E-state index in [9.17, 15) is 9.18 Å². The van der Waals surface area contributed by atoms with Gasteiger partial charge in [0.25, 0.3) is 5.91 Å². The lowest BCUT2D eigenvalue weighted by Gasteiger charge is -2.30. The molecule has 2 N–H and O–H groups in total. The molecule has 0 spiro atoms. The van der Waals surface area contributed by atoms with Gasteiger partial charge in [-0.3, -0.25) is 4.79 Å². The number of benzene rings is 2. The van der Waals surface area contributed by atoms with Crippen molar-refractivity contribution >= 4 is 46.4 Å². The summed E-state index contributed by atoms with van der Waals surface area (Å²) in [5.41, 5.74) is 3.57. The van der Waals surface area contributed by atoms with Gasteiger partial charge in [-0.25, -0.2) is 9.37 Å². The van der Waals surface area contributed by atoms with E-state index < -0.39 is 11.7 Å². The highest BCUT2D eigenvalue weighted by Crippen LogP contribution is 2.33. The van der Waals surface area contributed by atoms with Gasteiger partial charge < -0.3 is 20.3 Å². The predicted molar refractivity (Wildman–Crippen MR) is 137 cm³/mol. The summed E-state index contributed by atoms with van der Waals surface area (Å²) in [6.45, 7) is 4.33. The summed E-state index contributed by atoms with van der Waals surface area (Å²) >= 11 is 12.0. The number of anilines is 3. The van der Waals surface area contributed by atoms with E-state index in [0.717, 1.165) is 43.8 Å². The van der Waals surface area contributed by atoms with E-state index in [-0.39, 0.29) is 33.1 Å². The normalized spacial score (nSPS) is 14.6. The molecule has 1 aliphatic heterocycles. The maximum absolute atomic E-state index is 13.4. The molecule has 7 nitrogen and oxygen atoms in total. The Morgan fingerprint density at radius 2 is 1.86 bits per heavy atom. The van der Waals surface area contributed by atoms with Crippen LogP contribution in [0.2, 0.25) is 10.0 Å². The van der Waals surface area contributed by atoms with Crippen LogP contribution in [0.15, 0.2) is 36.5 Å². The van der Waals surface area contributed by atoms with Crippen LogP contribution in [0, 0.1) is 12.7 Å². The number of nitrogens with one attached hydrogen (secondary N) is 2. The van der Waals surface area contributed by atoms with Crippen molar-refractivity contribution < 1.29 is 13.9 Å². The van der Waals surface area contributed by atoms with Crippen molar-refractivity contribution in [1.82, 2.24) is 14.9 Å². The van der Waals surface area contributed by atoms with Gasteiger partial charge in [0, 0.05) is 11.9 Å². The predicted octanol–water partition coefficient (Wildman–Crippen LogP) is 6.04. The summed E-state index contributed by atoms with van der Waals surface area (Å²) in [5, 5.41) is 5.68. The number of ether oxygens (including phenoxy) is 1. The van der Waals surface area contributed by atoms with Gasteiger partial charge in [-0.2, -0.15) is 4.98 Å². The van der Waals surface area contributed by atoms with Crippen LogP contribution in [0.1, 0.15) is 40.2 Å². The van der Waals surface area contributed by atoms with Gasteiger partial charge in [0.15, 0.2) is 0 Å². The first kappa shape index (κ1) is 25.2. The standard InChI is InChI=1S/C25H26Cl2FN5O2/c1-14-10-17(4-5-18(14)15-6-8-33(2)9-7-15)30-25-29-13-19(24(32-25)35-3)23(34)31-22-20(26)11-16(28)12-21(22)27/h4-5,10-13,15H,6-9H2,1-3H3,(H,31,34)(H,29,30,32). The third kappa shape index (κ3) is 5.83. The van der Waals surface area contributed by atoms with Crippen LogP contribution in [0.3, 0.4) is 0 Å². The van der Waals surface area contributed by atoms with Crippen molar-refractivity contribution in [2.75, 3.05) is 37.9 Å². The Bertz CT molecular complexity index is 1230. The van der Waals surface area contributed by atoms with Crippen LogP contribution < -0.4 is 15.4 Å². The first-order valence-electron chi connectivity index (χ1n) is 11.2. The average molecular weight is 518 g/mol. The van der Waals surface area contributed by atoms with Crippen molar-refractivity contribution in [3.63, 3.8) is 0 Å². The van der Waals surface area contributed by atoms with Crippen LogP contribution in [0.4, 0.5) is 21.7 Å². The molecule has 1 aromatic heterocycles. The number of aryl methyl sites for hydroxylation is 1. The third-order valence-electron chi connectivity index (χ3n) is 6.12. The van der Waals surface area contributed by atoms with E-state index in [2.05, 4.69) is 51.6 Å². The molecule has 3 aromatic rings. The van der Waals surface area contributed by atoms with Gasteiger partial charge in [0.2, 0.25) is 11.8 Å². The lowest BCUT2D eigenvalue weighted by Crippen LogP contribution is -2.29. The molecule has 1 fully saturated rings. The monoisotopic (exact) mass is 517 g/mol. The minimum absolute atomic E-state index is 0.0272. The fraction of sp³-hybridized carbons (Fsp3) is 0.320. The second-order valence-corrected chi connectivity index (χ2v) is 9.40. The van der Waals surface area contributed by atoms with E-state index in [1.54, 1.807) is 0 Å². The number of carbonyl (C=O) groups excluding carboxylic acids is 1. The molecular formula is C25H26Cl2FN5O2. The third-order valence-corrected chi connectivity index (χ3v) is 6.72. The molecule has 2 aromatic carbocycles. The molecular weight excluding hydrogens is 492 g/mol. The molecule has 184 valence electrons. The second kappa shape index (κ2) is 10.8. The van der Waals surface area contributed by atoms with E-state index in [4.69, 9.17) is 27.9 Å². The van der Waals surface area contributed by atoms with Crippen molar-refractivity contribution in [3.8, 4) is 5.88 Å². The van der Waals surface area contributed by atoms with E-state index >= 15 is 0 Å². The summed E-state index contributed by atoms with van der Waals surface area (Å²) in [4.78, 5) is 23.7. The number of nitrogens with zero attached hydrogens (tertiary/aromatic N) is 3. The van der Waals surface area contributed by atoms with Crippen LogP contribution in [0.5, 0.6) is 5.88 Å². The number of likely N-dealkylation sites (tertiary alicyclic amines) is 1. The molecule has 1 aliphatic rings. The first-order chi connectivity index (χ1) is 16.7. The Morgan fingerprint density at radius 3 is 2.49 bits per heavy atom. The van der Waals surface area contributed by atoms with Crippen molar-refractivity contribution in [2.24, 2.45) is 0 Å². The molecule has 1 saturated heterocycles. The topological polar surface area (TPSA) is 79.4 Å². The average Bonchev–Trinajstić information content (AvgIpc) is 2.82. The van der Waals surface area contributed by atoms with Gasteiger partial charge in [-0.05, 0) is 81.2 Å². The first-order valence-corrected chi connectivity index (χ1v) is 11.9. The van der Waals surface area contributed by atoms with Crippen LogP contribution >= 0.6 is 23.2 Å². The number of rotatable bonds is 6. The smallest absolute Gasteiger partial charge is 0.262 e. The zero-order valence-electron chi connectivity index (χ0n) is 19.7. The molecule has 0 unspecified atom stereocenters. The highest BCUT2D eigenvalue weighted by Gasteiger charge is 2.21. The Hall–Kier alpha value is -2.94. The number of halogens is 3. The Morgan fingerprint density at radius 1 is 1.17 bits per heavy atom. The summed E-state index contributed by atoms with van der Waals surface area (Å²) in [5.74, 6) is -0.291. The van der Waals surface area contributed by atoms with Gasteiger partial charge >= 0.3 is 0 Å². The van der Waals surface area contributed by atoms with Gasteiger partial charge in [0.05, 0.1) is 22.8 Å². The summed E-state index contributed by atoms with van der Waals surface area (Å²) < 4.78 is 18.7. The van der Waals surface area contributed by atoms with Crippen molar-refractivity contribution in [3.05, 3.63) is 69.1 Å². The SMILES string of the molecule is COc1nc(Nc2ccc(C3CCN(C)CC3)c(C)c2)ncc1C(=O)Nc1c(Cl)cc(F)cc1Cl. The fourth-order valence-electron chi connectivity index (χ4n) is 4.24. The molecule has 0 bridgehead atoms. The summed E-state index contributed by atoms with van der Waals surface area (Å²) in [6, 6.07) is 8.36. The molecule has 1 amide bonds. The maximum atomic E-state index is 13.4. The Kier molecular flexibility index (Phi) is 7.74. The maximum Gasteiger partial charge on any atom is 0.262 e. The van der Waals surface area contributed by atoms with E-state index in [1.807, 2.05) is 6.07 Å². The van der Waals surface area contributed by atoms with Gasteiger partial charge in [-0.1, -0.05) is 29.3 Å². The quantitative estimate of drug-likeness (QED) is 0.414. The summed E-state index contributed by atoms with van der Waals surface area (Å²) in [6.07, 6.45) is 3.65. The molecule has 2 heterocycles. The molecule has 0 saturated carbocycles.